The molecule has 3 heteroatoms. The lowest BCUT2D eigenvalue weighted by Gasteiger charge is -2.11. The average molecular weight is 501 g/mol. The van der Waals surface area contributed by atoms with Gasteiger partial charge in [-0.3, -0.25) is 4.57 Å². The van der Waals surface area contributed by atoms with Crippen molar-refractivity contribution < 1.29 is 0 Å². The first-order chi connectivity index (χ1) is 18.9. The third-order valence-electron chi connectivity index (χ3n) is 7.94. The molecular formula is C35H20N2S. The minimum atomic E-state index is 0.953. The van der Waals surface area contributed by atoms with Crippen molar-refractivity contribution in [2.45, 2.75) is 0 Å². The van der Waals surface area contributed by atoms with Gasteiger partial charge in [0.2, 0.25) is 0 Å². The van der Waals surface area contributed by atoms with E-state index in [1.165, 1.54) is 63.5 Å². The average Bonchev–Trinajstić information content (AvgIpc) is 3.54. The third-order valence-corrected chi connectivity index (χ3v) is 9.12. The highest BCUT2D eigenvalue weighted by molar-refractivity contribution is 7.27. The van der Waals surface area contributed by atoms with E-state index in [-0.39, 0.29) is 0 Å². The molecule has 0 fully saturated rings. The minimum Gasteiger partial charge on any atom is -0.292 e. The number of aromatic nitrogens is 2. The number of nitrogens with zero attached hydrogens (tertiary/aromatic N) is 2. The summed E-state index contributed by atoms with van der Waals surface area (Å²) in [6.07, 6.45) is 0. The number of pyridine rings is 1. The molecule has 0 saturated carbocycles. The van der Waals surface area contributed by atoms with Crippen LogP contribution in [0.15, 0.2) is 121 Å². The van der Waals surface area contributed by atoms with Crippen LogP contribution >= 0.6 is 11.3 Å². The Morgan fingerprint density at radius 1 is 0.474 bits per heavy atom. The smallest absolute Gasteiger partial charge is 0.138 e. The van der Waals surface area contributed by atoms with Gasteiger partial charge >= 0.3 is 0 Å². The van der Waals surface area contributed by atoms with Gasteiger partial charge in [-0.15, -0.1) is 11.3 Å². The zero-order chi connectivity index (χ0) is 24.8. The summed E-state index contributed by atoms with van der Waals surface area (Å²) < 4.78 is 5.06. The van der Waals surface area contributed by atoms with Gasteiger partial charge < -0.3 is 0 Å². The van der Waals surface area contributed by atoms with Gasteiger partial charge in [0.05, 0.1) is 21.3 Å². The quantitative estimate of drug-likeness (QED) is 0.219. The van der Waals surface area contributed by atoms with Gasteiger partial charge in [0, 0.05) is 37.0 Å². The van der Waals surface area contributed by atoms with E-state index in [0.717, 1.165) is 16.7 Å². The van der Waals surface area contributed by atoms with Crippen molar-refractivity contribution in [3.8, 4) is 5.82 Å². The molecule has 176 valence electrons. The van der Waals surface area contributed by atoms with E-state index >= 15 is 0 Å². The fraction of sp³-hybridized carbons (Fsp3) is 0. The summed E-state index contributed by atoms with van der Waals surface area (Å²) in [5.74, 6) is 0.953. The van der Waals surface area contributed by atoms with Crippen LogP contribution in [0.1, 0.15) is 0 Å². The van der Waals surface area contributed by atoms with Gasteiger partial charge in [-0.25, -0.2) is 4.98 Å². The van der Waals surface area contributed by atoms with Crippen LogP contribution in [-0.2, 0) is 0 Å². The largest absolute Gasteiger partial charge is 0.292 e. The maximum absolute atomic E-state index is 5.23. The standard InChI is InChI=1S/C35H20N2S/c1-3-11-23-21(9-1)17-19-27-31-24-12-4-5-13-25(24)32-26-14-6-8-16-29(26)38-35(32)34(31)37(33(23)27)30-20-18-22-10-2-7-15-28(22)36-30/h1-20H. The van der Waals surface area contributed by atoms with Crippen LogP contribution in [0.5, 0.6) is 0 Å². The molecule has 0 aliphatic carbocycles. The zero-order valence-electron chi connectivity index (χ0n) is 20.3. The molecule has 0 unspecified atom stereocenters. The molecule has 6 aromatic carbocycles. The maximum Gasteiger partial charge on any atom is 0.138 e. The molecule has 0 bridgehead atoms. The van der Waals surface area contributed by atoms with E-state index in [1.54, 1.807) is 0 Å². The van der Waals surface area contributed by atoms with Crippen molar-refractivity contribution in [1.29, 1.82) is 0 Å². The highest BCUT2D eigenvalue weighted by Gasteiger charge is 2.23. The molecule has 0 radical (unpaired) electrons. The van der Waals surface area contributed by atoms with Crippen molar-refractivity contribution >= 4 is 85.8 Å². The molecule has 9 rings (SSSR count). The fourth-order valence-electron chi connectivity index (χ4n) is 6.34. The first-order valence-corrected chi connectivity index (χ1v) is 13.7. The summed E-state index contributed by atoms with van der Waals surface area (Å²) in [5, 5.41) is 11.5. The molecule has 0 N–H and O–H groups in total. The summed E-state index contributed by atoms with van der Waals surface area (Å²) in [6, 6.07) is 43.8. The van der Waals surface area contributed by atoms with Crippen molar-refractivity contribution in [2.75, 3.05) is 0 Å². The molecule has 2 nitrogen and oxygen atoms in total. The molecule has 3 aromatic heterocycles. The van der Waals surface area contributed by atoms with Crippen molar-refractivity contribution in [2.24, 2.45) is 0 Å². The Morgan fingerprint density at radius 3 is 2.00 bits per heavy atom. The van der Waals surface area contributed by atoms with Crippen molar-refractivity contribution in [3.05, 3.63) is 121 Å². The second kappa shape index (κ2) is 7.41. The lowest BCUT2D eigenvalue weighted by Crippen LogP contribution is -1.98. The highest BCUT2D eigenvalue weighted by atomic mass is 32.1. The summed E-state index contributed by atoms with van der Waals surface area (Å²) in [6.45, 7) is 0. The molecule has 0 amide bonds. The van der Waals surface area contributed by atoms with Gasteiger partial charge in [0.25, 0.3) is 0 Å². The number of hydrogen-bond acceptors (Lipinski definition) is 2. The number of rotatable bonds is 1. The molecule has 0 atom stereocenters. The lowest BCUT2D eigenvalue weighted by molar-refractivity contribution is 1.11. The number of hydrogen-bond donors (Lipinski definition) is 0. The summed E-state index contributed by atoms with van der Waals surface area (Å²) in [7, 11) is 0. The minimum absolute atomic E-state index is 0.953. The van der Waals surface area contributed by atoms with Gasteiger partial charge in [-0.1, -0.05) is 97.1 Å². The van der Waals surface area contributed by atoms with Gasteiger partial charge in [0.15, 0.2) is 0 Å². The second-order valence-corrected chi connectivity index (χ2v) is 11.0. The molecule has 3 heterocycles. The Labute approximate surface area is 222 Å². The fourth-order valence-corrected chi connectivity index (χ4v) is 7.60. The van der Waals surface area contributed by atoms with Crippen LogP contribution in [0, 0.1) is 0 Å². The Kier molecular flexibility index (Phi) is 3.96. The molecule has 0 aliphatic heterocycles. The third kappa shape index (κ3) is 2.59. The Hall–Kier alpha value is -4.73. The van der Waals surface area contributed by atoms with Crippen LogP contribution < -0.4 is 0 Å². The van der Waals surface area contributed by atoms with Crippen LogP contribution in [0.4, 0.5) is 0 Å². The van der Waals surface area contributed by atoms with Crippen molar-refractivity contribution in [1.82, 2.24) is 9.55 Å². The topological polar surface area (TPSA) is 17.8 Å². The van der Waals surface area contributed by atoms with E-state index in [4.69, 9.17) is 4.98 Å². The maximum atomic E-state index is 5.23. The van der Waals surface area contributed by atoms with Crippen LogP contribution in [-0.4, -0.2) is 9.55 Å². The SMILES string of the molecule is c1ccc2nc(-n3c4c5ccccc5ccc4c4c5ccccc5c5c6ccccc6sc5c43)ccc2c1. The van der Waals surface area contributed by atoms with Crippen molar-refractivity contribution in [3.63, 3.8) is 0 Å². The second-order valence-electron chi connectivity index (χ2n) is 9.95. The summed E-state index contributed by atoms with van der Waals surface area (Å²) >= 11 is 1.89. The highest BCUT2D eigenvalue weighted by Crippen LogP contribution is 2.48. The van der Waals surface area contributed by atoms with E-state index in [0.29, 0.717) is 0 Å². The van der Waals surface area contributed by atoms with Crippen LogP contribution in [0.3, 0.4) is 0 Å². The summed E-state index contributed by atoms with van der Waals surface area (Å²) in [4.78, 5) is 5.23. The number of thiophene rings is 1. The Balaban J connectivity index is 1.64. The number of benzene rings is 6. The monoisotopic (exact) mass is 500 g/mol. The van der Waals surface area contributed by atoms with E-state index in [1.807, 2.05) is 11.3 Å². The Bertz CT molecular complexity index is 2410. The van der Waals surface area contributed by atoms with Gasteiger partial charge in [-0.05, 0) is 40.4 Å². The van der Waals surface area contributed by atoms with E-state index in [9.17, 15) is 0 Å². The molecule has 38 heavy (non-hydrogen) atoms. The molecule has 0 aliphatic rings. The van der Waals surface area contributed by atoms with Gasteiger partial charge in [-0.2, -0.15) is 0 Å². The van der Waals surface area contributed by atoms with Crippen LogP contribution in [0.2, 0.25) is 0 Å². The first kappa shape index (κ1) is 20.3. The predicted octanol–water partition coefficient (Wildman–Crippen LogP) is 10.0. The van der Waals surface area contributed by atoms with E-state index < -0.39 is 0 Å². The summed E-state index contributed by atoms with van der Waals surface area (Å²) in [5.41, 5.74) is 3.47. The first-order valence-electron chi connectivity index (χ1n) is 12.9. The normalized spacial score (nSPS) is 12.2. The lowest BCUT2D eigenvalue weighted by atomic mass is 9.98. The number of para-hydroxylation sites is 1. The molecule has 0 saturated heterocycles. The molecule has 9 aromatic rings. The predicted molar refractivity (Wildman–Crippen MR) is 164 cm³/mol. The number of fused-ring (bicyclic) bond motifs is 13. The Morgan fingerprint density at radius 2 is 1.13 bits per heavy atom. The molecular weight excluding hydrogens is 480 g/mol. The molecule has 0 spiro atoms. The van der Waals surface area contributed by atoms with Gasteiger partial charge in [0.1, 0.15) is 5.82 Å². The van der Waals surface area contributed by atoms with E-state index in [2.05, 4.69) is 126 Å². The zero-order valence-corrected chi connectivity index (χ0v) is 21.2. The van der Waals surface area contributed by atoms with Crippen LogP contribution in [0.25, 0.3) is 80.2 Å².